The fraction of sp³-hybridized carbons (Fsp3) is 0.500. The predicted molar refractivity (Wildman–Crippen MR) is 102 cm³/mol. The lowest BCUT2D eigenvalue weighted by Gasteiger charge is -2.13. The number of carbonyl (C=O) groups is 4. The van der Waals surface area contributed by atoms with Crippen molar-refractivity contribution in [2.45, 2.75) is 52.4 Å². The first kappa shape index (κ1) is 23.1. The number of hydrogen-bond acceptors (Lipinski definition) is 6. The van der Waals surface area contributed by atoms with Crippen molar-refractivity contribution in [3.05, 3.63) is 34.4 Å². The van der Waals surface area contributed by atoms with Crippen molar-refractivity contribution in [3.8, 4) is 0 Å². The Balaban J connectivity index is 3.22. The monoisotopic (exact) mass is 393 g/mol. The third kappa shape index (κ3) is 6.68. The average Bonchev–Trinajstić information content (AvgIpc) is 2.67. The molecule has 1 rings (SSSR count). The number of carboxylic acids is 1. The van der Waals surface area contributed by atoms with Crippen molar-refractivity contribution < 1.29 is 33.8 Å². The van der Waals surface area contributed by atoms with Gasteiger partial charge in [-0.3, -0.25) is 4.79 Å². The van der Waals surface area contributed by atoms with E-state index < -0.39 is 29.4 Å². The molecular formula is C20H27NO7. The summed E-state index contributed by atoms with van der Waals surface area (Å²) in [6.45, 7) is 4.27. The smallest absolute Gasteiger partial charge is 0.339 e. The molecule has 0 aliphatic rings. The number of rotatable bonds is 12. The van der Waals surface area contributed by atoms with Crippen LogP contribution in [0, 0.1) is 0 Å². The summed E-state index contributed by atoms with van der Waals surface area (Å²) in [7, 11) is 0. The lowest BCUT2D eigenvalue weighted by Crippen LogP contribution is -2.22. The topological polar surface area (TPSA) is 133 Å². The number of ether oxygens (including phenoxy) is 2. The van der Waals surface area contributed by atoms with Crippen LogP contribution in [-0.2, 0) is 9.47 Å². The second-order valence-electron chi connectivity index (χ2n) is 6.30. The van der Waals surface area contributed by atoms with Gasteiger partial charge in [-0.2, -0.15) is 0 Å². The largest absolute Gasteiger partial charge is 0.478 e. The highest BCUT2D eigenvalue weighted by molar-refractivity contribution is 6.10. The molecule has 0 aliphatic heterocycles. The number of esters is 2. The van der Waals surface area contributed by atoms with Crippen LogP contribution in [0.2, 0.25) is 0 Å². The standard InChI is InChI=1S/C20H27NO7/c1-3-5-7-9-27-19(25)15-11-13(17(21)22)14(18(23)24)12-16(15)20(26)28-10-8-6-4-2/h11-12H,3-10H2,1-2H3,(H2,21,22)(H,23,24). The van der Waals surface area contributed by atoms with Gasteiger partial charge >= 0.3 is 17.9 Å². The summed E-state index contributed by atoms with van der Waals surface area (Å²) in [5.41, 5.74) is 3.87. The van der Waals surface area contributed by atoms with E-state index >= 15 is 0 Å². The maximum atomic E-state index is 12.4. The molecule has 0 heterocycles. The molecule has 0 aliphatic carbocycles. The number of hydrogen-bond donors (Lipinski definition) is 2. The van der Waals surface area contributed by atoms with Gasteiger partial charge in [0.25, 0.3) is 0 Å². The van der Waals surface area contributed by atoms with Crippen LogP contribution in [0.3, 0.4) is 0 Å². The number of carbonyl (C=O) groups excluding carboxylic acids is 3. The van der Waals surface area contributed by atoms with Gasteiger partial charge < -0.3 is 20.3 Å². The van der Waals surface area contributed by atoms with Gasteiger partial charge in [-0.15, -0.1) is 0 Å². The Bertz CT molecular complexity index is 667. The SMILES string of the molecule is CCCCCOC(=O)c1cc(C(N)=O)c(C(=O)O)cc1C(=O)OCCCCC. The van der Waals surface area contributed by atoms with Crippen LogP contribution in [0.25, 0.3) is 0 Å². The first-order chi connectivity index (χ1) is 13.3. The van der Waals surface area contributed by atoms with Crippen LogP contribution in [0.4, 0.5) is 0 Å². The summed E-state index contributed by atoms with van der Waals surface area (Å²) in [6.07, 6.45) is 4.89. The number of benzene rings is 1. The van der Waals surface area contributed by atoms with E-state index in [4.69, 9.17) is 15.2 Å². The number of aromatic carboxylic acids is 1. The molecule has 0 spiro atoms. The summed E-state index contributed by atoms with van der Waals surface area (Å²) in [4.78, 5) is 47.9. The summed E-state index contributed by atoms with van der Waals surface area (Å²) < 4.78 is 10.3. The Labute approximate surface area is 164 Å². The third-order valence-electron chi connectivity index (χ3n) is 4.06. The van der Waals surface area contributed by atoms with E-state index in [0.29, 0.717) is 12.8 Å². The molecule has 0 fully saturated rings. The van der Waals surface area contributed by atoms with Gasteiger partial charge in [0.1, 0.15) is 0 Å². The minimum atomic E-state index is -1.45. The Morgan fingerprint density at radius 3 is 1.57 bits per heavy atom. The Morgan fingerprint density at radius 2 is 1.21 bits per heavy atom. The van der Waals surface area contributed by atoms with Crippen LogP contribution in [0.1, 0.15) is 93.8 Å². The van der Waals surface area contributed by atoms with E-state index in [9.17, 15) is 24.3 Å². The minimum absolute atomic E-state index is 0.137. The van der Waals surface area contributed by atoms with Crippen molar-refractivity contribution >= 4 is 23.8 Å². The van der Waals surface area contributed by atoms with E-state index in [2.05, 4.69) is 0 Å². The summed E-state index contributed by atoms with van der Waals surface area (Å²) in [5.74, 6) is -4.16. The Kier molecular flexibility index (Phi) is 9.70. The summed E-state index contributed by atoms with van der Waals surface area (Å²) >= 11 is 0. The third-order valence-corrected chi connectivity index (χ3v) is 4.06. The van der Waals surface area contributed by atoms with Crippen LogP contribution >= 0.6 is 0 Å². The average molecular weight is 393 g/mol. The van der Waals surface area contributed by atoms with E-state index in [1.165, 1.54) is 0 Å². The summed E-state index contributed by atoms with van der Waals surface area (Å²) in [5, 5.41) is 9.32. The molecule has 0 saturated heterocycles. The molecule has 3 N–H and O–H groups in total. The molecule has 0 radical (unpaired) electrons. The Morgan fingerprint density at radius 1 is 0.786 bits per heavy atom. The van der Waals surface area contributed by atoms with E-state index in [0.717, 1.165) is 37.8 Å². The lowest BCUT2D eigenvalue weighted by molar-refractivity contribution is 0.0450. The molecule has 1 amide bonds. The van der Waals surface area contributed by atoms with Crippen LogP contribution < -0.4 is 5.73 Å². The summed E-state index contributed by atoms with van der Waals surface area (Å²) in [6, 6.07) is 1.92. The molecule has 8 heteroatoms. The van der Waals surface area contributed by atoms with Crippen LogP contribution in [0.15, 0.2) is 12.1 Å². The van der Waals surface area contributed by atoms with Gasteiger partial charge in [0, 0.05) is 0 Å². The zero-order valence-electron chi connectivity index (χ0n) is 16.3. The lowest BCUT2D eigenvalue weighted by atomic mass is 9.97. The number of primary amides is 1. The molecular weight excluding hydrogens is 366 g/mol. The fourth-order valence-corrected chi connectivity index (χ4v) is 2.51. The molecule has 1 aromatic rings. The normalized spacial score (nSPS) is 10.4. The van der Waals surface area contributed by atoms with Gasteiger partial charge in [0.05, 0.1) is 35.5 Å². The predicted octanol–water partition coefficient (Wildman–Crippen LogP) is 3.18. The second-order valence-corrected chi connectivity index (χ2v) is 6.30. The van der Waals surface area contributed by atoms with Crippen molar-refractivity contribution in [1.29, 1.82) is 0 Å². The van der Waals surface area contributed by atoms with Crippen molar-refractivity contribution in [2.24, 2.45) is 5.73 Å². The van der Waals surface area contributed by atoms with Crippen LogP contribution in [0.5, 0.6) is 0 Å². The second kappa shape index (κ2) is 11.7. The highest BCUT2D eigenvalue weighted by Gasteiger charge is 2.26. The maximum Gasteiger partial charge on any atom is 0.339 e. The van der Waals surface area contributed by atoms with Crippen LogP contribution in [-0.4, -0.2) is 42.1 Å². The maximum absolute atomic E-state index is 12.4. The highest BCUT2D eigenvalue weighted by atomic mass is 16.5. The molecule has 0 atom stereocenters. The van der Waals surface area contributed by atoms with Gasteiger partial charge in [-0.1, -0.05) is 39.5 Å². The first-order valence-corrected chi connectivity index (χ1v) is 9.38. The minimum Gasteiger partial charge on any atom is -0.478 e. The van der Waals surface area contributed by atoms with E-state index in [1.54, 1.807) is 0 Å². The van der Waals surface area contributed by atoms with Gasteiger partial charge in [-0.25, -0.2) is 14.4 Å². The van der Waals surface area contributed by atoms with Crippen molar-refractivity contribution in [2.75, 3.05) is 13.2 Å². The quantitative estimate of drug-likeness (QED) is 0.411. The van der Waals surface area contributed by atoms with Gasteiger partial charge in [0.2, 0.25) is 5.91 Å². The molecule has 0 unspecified atom stereocenters. The molecule has 0 saturated carbocycles. The molecule has 0 bridgehead atoms. The van der Waals surface area contributed by atoms with Crippen molar-refractivity contribution in [1.82, 2.24) is 0 Å². The molecule has 1 aromatic carbocycles. The molecule has 154 valence electrons. The number of carboxylic acid groups (broad SMARTS) is 1. The van der Waals surface area contributed by atoms with E-state index in [1.807, 2.05) is 13.8 Å². The molecule has 28 heavy (non-hydrogen) atoms. The van der Waals surface area contributed by atoms with Crippen molar-refractivity contribution in [3.63, 3.8) is 0 Å². The number of unbranched alkanes of at least 4 members (excludes halogenated alkanes) is 4. The first-order valence-electron chi connectivity index (χ1n) is 9.38. The molecule has 0 aromatic heterocycles. The van der Waals surface area contributed by atoms with Gasteiger partial charge in [0.15, 0.2) is 0 Å². The highest BCUT2D eigenvalue weighted by Crippen LogP contribution is 2.20. The Hall–Kier alpha value is -2.90. The van der Waals surface area contributed by atoms with E-state index in [-0.39, 0.29) is 29.9 Å². The number of nitrogens with two attached hydrogens (primary N) is 1. The zero-order valence-corrected chi connectivity index (χ0v) is 16.3. The zero-order chi connectivity index (χ0) is 21.1. The van der Waals surface area contributed by atoms with Gasteiger partial charge in [-0.05, 0) is 25.0 Å². The number of amides is 1. The molecule has 8 nitrogen and oxygen atoms in total. The fourth-order valence-electron chi connectivity index (χ4n) is 2.51.